The summed E-state index contributed by atoms with van der Waals surface area (Å²) in [6.07, 6.45) is -1.82. The zero-order valence-electron chi connectivity index (χ0n) is 18.8. The second kappa shape index (κ2) is 9.88. The van der Waals surface area contributed by atoms with Crippen molar-refractivity contribution in [3.8, 4) is 0 Å². The van der Waals surface area contributed by atoms with Gasteiger partial charge in [0.2, 0.25) is 5.28 Å². The molecule has 1 aliphatic heterocycles. The fraction of sp³-hybridized carbons (Fsp3) is 0.391. The third-order valence-electron chi connectivity index (χ3n) is 6.01. The van der Waals surface area contributed by atoms with E-state index in [0.717, 1.165) is 5.56 Å². The zero-order valence-corrected chi connectivity index (χ0v) is 19.6. The highest BCUT2D eigenvalue weighted by atomic mass is 35.5. The van der Waals surface area contributed by atoms with E-state index < -0.39 is 24.5 Å². The number of halogens is 1. The minimum absolute atomic E-state index is 0.0504. The average molecular weight is 501 g/mol. The van der Waals surface area contributed by atoms with Crippen LogP contribution in [0.3, 0.4) is 0 Å². The highest BCUT2D eigenvalue weighted by Crippen LogP contribution is 2.40. The minimum atomic E-state index is -1.29. The third-order valence-corrected chi connectivity index (χ3v) is 6.18. The van der Waals surface area contributed by atoms with Crippen molar-refractivity contribution in [3.05, 3.63) is 65.0 Å². The highest BCUT2D eigenvalue weighted by molar-refractivity contribution is 6.28. The van der Waals surface area contributed by atoms with Gasteiger partial charge in [-0.3, -0.25) is 4.57 Å². The molecule has 5 atom stereocenters. The van der Waals surface area contributed by atoms with Crippen LogP contribution < -0.4 is 5.32 Å². The number of ether oxygens (including phenoxy) is 1. The van der Waals surface area contributed by atoms with E-state index in [1.54, 1.807) is 6.07 Å². The molecular weight excluding hydrogens is 476 g/mol. The molecule has 0 amide bonds. The summed E-state index contributed by atoms with van der Waals surface area (Å²) >= 11 is 6.21. The first-order chi connectivity index (χ1) is 17.0. The number of fused-ring (bicyclic) bond motifs is 1. The monoisotopic (exact) mass is 500 g/mol. The quantitative estimate of drug-likeness (QED) is 0.264. The van der Waals surface area contributed by atoms with Gasteiger partial charge in [0.1, 0.15) is 18.3 Å². The average Bonchev–Trinajstić information content (AvgIpc) is 3.57. The third kappa shape index (κ3) is 4.60. The predicted octanol–water partition coefficient (Wildman–Crippen LogP) is 2.04. The van der Waals surface area contributed by atoms with Gasteiger partial charge in [-0.2, -0.15) is 9.97 Å². The van der Waals surface area contributed by atoms with Crippen molar-refractivity contribution in [2.45, 2.75) is 50.3 Å². The van der Waals surface area contributed by atoms with Crippen LogP contribution in [0.15, 0.2) is 47.2 Å². The van der Waals surface area contributed by atoms with Gasteiger partial charge in [-0.05, 0) is 30.0 Å². The molecule has 4 aromatic rings. The molecule has 5 rings (SSSR count). The lowest BCUT2D eigenvalue weighted by Crippen LogP contribution is -2.29. The highest BCUT2D eigenvalue weighted by Gasteiger charge is 2.47. The summed E-state index contributed by atoms with van der Waals surface area (Å²) in [6.45, 7) is 1.78. The van der Waals surface area contributed by atoms with Gasteiger partial charge in [0.15, 0.2) is 29.0 Å². The lowest BCUT2D eigenvalue weighted by atomic mass is 10.1. The van der Waals surface area contributed by atoms with E-state index in [1.165, 1.54) is 10.9 Å². The lowest BCUT2D eigenvalue weighted by molar-refractivity contribution is -0.0434. The Hall–Kier alpha value is -3.09. The SMILES string of the molecule is CCc1cc(C2OC(n3cnc4c(NC(CO)Cc5ccccc5)nc(Cl)nc43)C(O)C2O)on1. The van der Waals surface area contributed by atoms with Crippen LogP contribution >= 0.6 is 11.6 Å². The fourth-order valence-corrected chi connectivity index (χ4v) is 4.35. The molecule has 12 heteroatoms. The Balaban J connectivity index is 1.43. The standard InChI is InChI=1S/C23H25ClN6O5/c1-2-13-9-15(35-29-13)19-17(32)18(33)22(34-19)30-11-25-16-20(27-23(24)28-21(16)30)26-14(10-31)8-12-6-4-3-5-7-12/h3-7,9,11,14,17-19,22,31-33H,2,8,10H2,1H3,(H,26,27,28). The molecule has 1 fully saturated rings. The van der Waals surface area contributed by atoms with E-state index in [2.05, 4.69) is 25.4 Å². The molecule has 11 nitrogen and oxygen atoms in total. The summed E-state index contributed by atoms with van der Waals surface area (Å²) < 4.78 is 12.8. The van der Waals surface area contributed by atoms with Crippen molar-refractivity contribution in [2.75, 3.05) is 11.9 Å². The number of hydrogen-bond acceptors (Lipinski definition) is 10. The Morgan fingerprint density at radius 1 is 1.17 bits per heavy atom. The van der Waals surface area contributed by atoms with E-state index >= 15 is 0 Å². The summed E-state index contributed by atoms with van der Waals surface area (Å²) in [7, 11) is 0. The second-order valence-corrected chi connectivity index (χ2v) is 8.72. The molecule has 0 aliphatic carbocycles. The fourth-order valence-electron chi connectivity index (χ4n) is 4.18. The molecule has 0 spiro atoms. The maximum atomic E-state index is 10.8. The van der Waals surface area contributed by atoms with E-state index in [-0.39, 0.29) is 17.9 Å². The first-order valence-corrected chi connectivity index (χ1v) is 11.6. The van der Waals surface area contributed by atoms with Crippen molar-refractivity contribution < 1.29 is 24.6 Å². The molecule has 1 saturated heterocycles. The number of anilines is 1. The van der Waals surface area contributed by atoms with E-state index in [4.69, 9.17) is 20.9 Å². The summed E-state index contributed by atoms with van der Waals surface area (Å²) in [5, 5.41) is 38.4. The Bertz CT molecular complexity index is 1300. The van der Waals surface area contributed by atoms with Gasteiger partial charge >= 0.3 is 0 Å². The molecule has 1 aliphatic rings. The first-order valence-electron chi connectivity index (χ1n) is 11.3. The molecule has 0 bridgehead atoms. The second-order valence-electron chi connectivity index (χ2n) is 8.38. The van der Waals surface area contributed by atoms with Gasteiger partial charge in [0, 0.05) is 6.07 Å². The summed E-state index contributed by atoms with van der Waals surface area (Å²) in [5.74, 6) is 0.656. The molecule has 5 unspecified atom stereocenters. The summed E-state index contributed by atoms with van der Waals surface area (Å²) in [6, 6.07) is 11.1. The van der Waals surface area contributed by atoms with Gasteiger partial charge in [-0.1, -0.05) is 42.4 Å². The topological polar surface area (TPSA) is 152 Å². The maximum absolute atomic E-state index is 10.8. The molecule has 0 saturated carbocycles. The van der Waals surface area contributed by atoms with Crippen molar-refractivity contribution in [3.63, 3.8) is 0 Å². The maximum Gasteiger partial charge on any atom is 0.226 e. The Kier molecular flexibility index (Phi) is 6.67. The number of nitrogens with zero attached hydrogens (tertiary/aromatic N) is 5. The molecule has 4 N–H and O–H groups in total. The van der Waals surface area contributed by atoms with Crippen molar-refractivity contribution in [1.82, 2.24) is 24.7 Å². The number of aryl methyl sites for hydroxylation is 1. The molecule has 184 valence electrons. The van der Waals surface area contributed by atoms with Crippen LogP contribution in [0.5, 0.6) is 0 Å². The molecule has 1 aromatic carbocycles. The molecular formula is C23H25ClN6O5. The smallest absolute Gasteiger partial charge is 0.226 e. The number of aliphatic hydroxyl groups excluding tert-OH is 3. The van der Waals surface area contributed by atoms with Crippen LogP contribution in [0, 0.1) is 0 Å². The van der Waals surface area contributed by atoms with Gasteiger partial charge in [-0.15, -0.1) is 0 Å². The van der Waals surface area contributed by atoms with Gasteiger partial charge in [0.05, 0.1) is 24.7 Å². The van der Waals surface area contributed by atoms with Crippen LogP contribution in [0.4, 0.5) is 5.82 Å². The van der Waals surface area contributed by atoms with Crippen molar-refractivity contribution in [1.29, 1.82) is 0 Å². The Labute approximate surface area is 205 Å². The van der Waals surface area contributed by atoms with Crippen molar-refractivity contribution in [2.24, 2.45) is 0 Å². The zero-order chi connectivity index (χ0) is 24.5. The number of hydrogen-bond donors (Lipinski definition) is 4. The molecule has 0 radical (unpaired) electrons. The van der Waals surface area contributed by atoms with Crippen molar-refractivity contribution >= 4 is 28.6 Å². The predicted molar refractivity (Wildman–Crippen MR) is 126 cm³/mol. The lowest BCUT2D eigenvalue weighted by Gasteiger charge is -2.18. The van der Waals surface area contributed by atoms with Gasteiger partial charge in [0.25, 0.3) is 0 Å². The number of aromatic nitrogens is 5. The number of rotatable bonds is 8. The molecule has 3 aromatic heterocycles. The number of nitrogens with one attached hydrogen (secondary N) is 1. The molecule has 35 heavy (non-hydrogen) atoms. The van der Waals surface area contributed by atoms with E-state index in [1.807, 2.05) is 37.3 Å². The largest absolute Gasteiger partial charge is 0.394 e. The van der Waals surface area contributed by atoms with Crippen LogP contribution in [-0.2, 0) is 17.6 Å². The van der Waals surface area contributed by atoms with E-state index in [0.29, 0.717) is 41.3 Å². The minimum Gasteiger partial charge on any atom is -0.394 e. The first kappa shape index (κ1) is 23.6. The molecule has 4 heterocycles. The summed E-state index contributed by atoms with van der Waals surface area (Å²) in [5.41, 5.74) is 2.43. The number of aliphatic hydroxyl groups is 3. The Morgan fingerprint density at radius 2 is 1.97 bits per heavy atom. The van der Waals surface area contributed by atoms with Crippen LogP contribution in [0.25, 0.3) is 11.2 Å². The Morgan fingerprint density at radius 3 is 2.69 bits per heavy atom. The van der Waals surface area contributed by atoms with Crippen LogP contribution in [0.1, 0.15) is 36.3 Å². The number of benzene rings is 1. The summed E-state index contributed by atoms with van der Waals surface area (Å²) in [4.78, 5) is 12.9. The van der Waals surface area contributed by atoms with Crippen LogP contribution in [-0.4, -0.2) is 64.9 Å². The number of imidazole rings is 1. The normalized spacial score (nSPS) is 23.1. The van der Waals surface area contributed by atoms with E-state index in [9.17, 15) is 15.3 Å². The van der Waals surface area contributed by atoms with Gasteiger partial charge < -0.3 is 29.9 Å². The van der Waals surface area contributed by atoms with Crippen LogP contribution in [0.2, 0.25) is 5.28 Å². The van der Waals surface area contributed by atoms with Gasteiger partial charge in [-0.25, -0.2) is 4.98 Å².